The van der Waals surface area contributed by atoms with Crippen LogP contribution >= 0.6 is 0 Å². The van der Waals surface area contributed by atoms with Crippen LogP contribution in [0.2, 0.25) is 0 Å². The highest BCUT2D eigenvalue weighted by atomic mass is 16.3. The van der Waals surface area contributed by atoms with Gasteiger partial charge < -0.3 is 25.3 Å². The molecule has 1 heterocycles. The number of nitrogens with zero attached hydrogens (tertiary/aromatic N) is 3. The fourth-order valence-corrected chi connectivity index (χ4v) is 7.81. The second-order valence-corrected chi connectivity index (χ2v) is 15.8. The fraction of sp³-hybridized carbons (Fsp3) is 0.795. The van der Waals surface area contributed by atoms with Crippen LogP contribution in [0.25, 0.3) is 0 Å². The van der Waals surface area contributed by atoms with E-state index in [1.807, 2.05) is 32.0 Å². The van der Waals surface area contributed by atoms with Crippen molar-refractivity contribution in [3.63, 3.8) is 0 Å². The average molecular weight is 669 g/mol. The highest BCUT2D eigenvalue weighted by molar-refractivity contribution is 5.88. The number of amides is 3. The Kier molecular flexibility index (Phi) is 15.6. The predicted molar refractivity (Wildman–Crippen MR) is 189 cm³/mol. The van der Waals surface area contributed by atoms with Crippen LogP contribution < -0.4 is 5.32 Å². The molecule has 3 saturated carbocycles. The van der Waals surface area contributed by atoms with Gasteiger partial charge in [-0.15, -0.1) is 0 Å². The number of hydrogen-bond acceptors (Lipinski definition) is 6. The van der Waals surface area contributed by atoms with Crippen LogP contribution in [0.15, 0.2) is 24.4 Å². The zero-order chi connectivity index (χ0) is 34.5. The maximum atomic E-state index is 14.1. The standard InChI is InChI=1S/C39H64N4O5/c1-28(2)22-35(44)38(47)34(24-29-12-6-4-7-13-29)41-39(48)32(23-30-17-18-30)25-36(45)43(26-31-14-8-5-9-15-31)27-37(46)42(3)21-19-33-16-10-11-20-40-33/h10-11,16,20,28-32,34-35,38,44,47H,4-9,12-15,17-19,21-27H2,1-3H3,(H,41,48)/t32-,34+,35+,38-/m1/s1. The van der Waals surface area contributed by atoms with Gasteiger partial charge in [0.05, 0.1) is 18.7 Å². The lowest BCUT2D eigenvalue weighted by atomic mass is 9.82. The number of hydrogen-bond donors (Lipinski definition) is 3. The van der Waals surface area contributed by atoms with E-state index in [0.717, 1.165) is 69.9 Å². The Balaban J connectivity index is 1.44. The van der Waals surface area contributed by atoms with E-state index < -0.39 is 24.2 Å². The molecule has 0 spiro atoms. The molecular formula is C39H64N4O5. The third-order valence-electron chi connectivity index (χ3n) is 11.0. The summed E-state index contributed by atoms with van der Waals surface area (Å²) in [7, 11) is 1.78. The summed E-state index contributed by atoms with van der Waals surface area (Å²) < 4.78 is 0. The summed E-state index contributed by atoms with van der Waals surface area (Å²) in [5, 5.41) is 25.4. The van der Waals surface area contributed by atoms with Gasteiger partial charge in [0, 0.05) is 50.8 Å². The molecule has 3 aliphatic carbocycles. The number of aliphatic hydroxyl groups excluding tert-OH is 2. The monoisotopic (exact) mass is 668 g/mol. The number of carbonyl (C=O) groups excluding carboxylic acids is 3. The van der Waals surface area contributed by atoms with Crippen LogP contribution in [0.5, 0.6) is 0 Å². The molecule has 3 fully saturated rings. The van der Waals surface area contributed by atoms with Crippen molar-refractivity contribution in [1.82, 2.24) is 20.1 Å². The van der Waals surface area contributed by atoms with Crippen molar-refractivity contribution in [2.45, 2.75) is 141 Å². The minimum absolute atomic E-state index is 0.0102. The topological polar surface area (TPSA) is 123 Å². The Morgan fingerprint density at radius 1 is 0.875 bits per heavy atom. The molecule has 0 unspecified atom stereocenters. The molecule has 1 aromatic heterocycles. The van der Waals surface area contributed by atoms with E-state index in [1.54, 1.807) is 23.0 Å². The summed E-state index contributed by atoms with van der Waals surface area (Å²) in [4.78, 5) is 49.4. The van der Waals surface area contributed by atoms with E-state index in [2.05, 4.69) is 10.3 Å². The van der Waals surface area contributed by atoms with Gasteiger partial charge in [0.15, 0.2) is 0 Å². The lowest BCUT2D eigenvalue weighted by Crippen LogP contribution is -2.52. The minimum Gasteiger partial charge on any atom is -0.390 e. The fourth-order valence-electron chi connectivity index (χ4n) is 7.81. The first-order chi connectivity index (χ1) is 23.1. The molecule has 0 radical (unpaired) electrons. The average Bonchev–Trinajstić information content (AvgIpc) is 3.91. The Bertz CT molecular complexity index is 1120. The van der Waals surface area contributed by atoms with E-state index in [9.17, 15) is 24.6 Å². The van der Waals surface area contributed by atoms with Crippen LogP contribution in [0.1, 0.15) is 122 Å². The van der Waals surface area contributed by atoms with Gasteiger partial charge in [0.2, 0.25) is 17.7 Å². The van der Waals surface area contributed by atoms with Crippen LogP contribution in [0, 0.1) is 29.6 Å². The van der Waals surface area contributed by atoms with Crippen LogP contribution in [0.4, 0.5) is 0 Å². The molecule has 9 nitrogen and oxygen atoms in total. The quantitative estimate of drug-likeness (QED) is 0.179. The largest absolute Gasteiger partial charge is 0.390 e. The molecule has 0 aliphatic heterocycles. The van der Waals surface area contributed by atoms with Crippen molar-refractivity contribution >= 4 is 17.7 Å². The van der Waals surface area contributed by atoms with Crippen molar-refractivity contribution in [1.29, 1.82) is 0 Å². The number of nitrogens with one attached hydrogen (secondary N) is 1. The molecule has 9 heteroatoms. The van der Waals surface area contributed by atoms with Gasteiger partial charge in [-0.05, 0) is 67.9 Å². The highest BCUT2D eigenvalue weighted by Crippen LogP contribution is 2.37. The number of pyridine rings is 1. The molecule has 1 aromatic rings. The number of likely N-dealkylation sites (N-methyl/N-ethyl adjacent to an activating group) is 1. The smallest absolute Gasteiger partial charge is 0.241 e. The molecule has 3 N–H and O–H groups in total. The lowest BCUT2D eigenvalue weighted by Gasteiger charge is -2.34. The van der Waals surface area contributed by atoms with Gasteiger partial charge >= 0.3 is 0 Å². The van der Waals surface area contributed by atoms with Gasteiger partial charge in [-0.3, -0.25) is 19.4 Å². The van der Waals surface area contributed by atoms with E-state index >= 15 is 0 Å². The second-order valence-electron chi connectivity index (χ2n) is 15.8. The lowest BCUT2D eigenvalue weighted by molar-refractivity contribution is -0.142. The summed E-state index contributed by atoms with van der Waals surface area (Å²) in [6.07, 6.45) is 15.6. The van der Waals surface area contributed by atoms with Crippen LogP contribution in [0.3, 0.4) is 0 Å². The number of aromatic nitrogens is 1. The van der Waals surface area contributed by atoms with Crippen molar-refractivity contribution in [2.24, 2.45) is 29.6 Å². The van der Waals surface area contributed by atoms with Crippen LogP contribution in [-0.4, -0.2) is 87.7 Å². The maximum absolute atomic E-state index is 14.1. The molecule has 270 valence electrons. The van der Waals surface area contributed by atoms with Gasteiger partial charge in [0.1, 0.15) is 6.10 Å². The Morgan fingerprint density at radius 2 is 1.52 bits per heavy atom. The molecule has 0 aromatic carbocycles. The summed E-state index contributed by atoms with van der Waals surface area (Å²) in [5.41, 5.74) is 0.921. The molecule has 0 saturated heterocycles. The molecular weight excluding hydrogens is 604 g/mol. The number of carbonyl (C=O) groups is 3. The third kappa shape index (κ3) is 13.1. The first kappa shape index (κ1) is 38.3. The highest BCUT2D eigenvalue weighted by Gasteiger charge is 2.37. The third-order valence-corrected chi connectivity index (χ3v) is 11.0. The first-order valence-electron chi connectivity index (χ1n) is 19.2. The molecule has 48 heavy (non-hydrogen) atoms. The predicted octanol–water partition coefficient (Wildman–Crippen LogP) is 5.52. The van der Waals surface area contributed by atoms with Gasteiger partial charge in [-0.1, -0.05) is 84.1 Å². The Hall–Kier alpha value is -2.52. The van der Waals surface area contributed by atoms with E-state index in [0.29, 0.717) is 56.5 Å². The first-order valence-corrected chi connectivity index (χ1v) is 19.2. The maximum Gasteiger partial charge on any atom is 0.241 e. The second kappa shape index (κ2) is 19.6. The van der Waals surface area contributed by atoms with Gasteiger partial charge in [-0.2, -0.15) is 0 Å². The Labute approximate surface area is 289 Å². The summed E-state index contributed by atoms with van der Waals surface area (Å²) in [6.45, 7) is 5.10. The molecule has 0 bridgehead atoms. The molecule has 3 amide bonds. The SMILES string of the molecule is CC(C)C[C@H](O)[C@H](O)[C@H](CC1CCCCC1)NC(=O)[C@@H](CC(=O)N(CC(=O)N(C)CCc1ccccn1)CC1CCCCC1)CC1CC1. The summed E-state index contributed by atoms with van der Waals surface area (Å²) >= 11 is 0. The van der Waals surface area contributed by atoms with Crippen molar-refractivity contribution < 1.29 is 24.6 Å². The molecule has 3 aliphatic rings. The van der Waals surface area contributed by atoms with E-state index in [-0.39, 0.29) is 36.6 Å². The van der Waals surface area contributed by atoms with Crippen molar-refractivity contribution in [3.8, 4) is 0 Å². The zero-order valence-electron chi connectivity index (χ0n) is 30.0. The van der Waals surface area contributed by atoms with E-state index in [4.69, 9.17) is 0 Å². The number of rotatable bonds is 19. The van der Waals surface area contributed by atoms with Crippen molar-refractivity contribution in [2.75, 3.05) is 26.7 Å². The Morgan fingerprint density at radius 3 is 2.12 bits per heavy atom. The minimum atomic E-state index is -1.06. The number of aliphatic hydroxyl groups is 2. The summed E-state index contributed by atoms with van der Waals surface area (Å²) in [6, 6.07) is 5.21. The van der Waals surface area contributed by atoms with Crippen molar-refractivity contribution in [3.05, 3.63) is 30.1 Å². The van der Waals surface area contributed by atoms with Crippen LogP contribution in [-0.2, 0) is 20.8 Å². The zero-order valence-corrected chi connectivity index (χ0v) is 30.0. The summed E-state index contributed by atoms with van der Waals surface area (Å²) in [5.74, 6) is 0.427. The molecule has 4 rings (SSSR count). The normalized spacial score (nSPS) is 20.1. The van der Waals surface area contributed by atoms with E-state index in [1.165, 1.54) is 12.8 Å². The molecule has 4 atom stereocenters. The van der Waals surface area contributed by atoms with Gasteiger partial charge in [0.25, 0.3) is 0 Å². The van der Waals surface area contributed by atoms with Gasteiger partial charge in [-0.25, -0.2) is 0 Å².